The van der Waals surface area contributed by atoms with Gasteiger partial charge in [0, 0.05) is 0 Å². The molecular weight excluding hydrogens is 355 g/mol. The minimum Gasteiger partial charge on any atom is -0.216 e. The highest BCUT2D eigenvalue weighted by Crippen LogP contribution is 2.44. The normalized spacial score (nSPS) is 28.1. The van der Waals surface area contributed by atoms with Crippen molar-refractivity contribution in [1.82, 2.24) is 0 Å². The molecule has 2 aliphatic carbocycles. The molecule has 0 saturated heterocycles. The van der Waals surface area contributed by atoms with E-state index in [0.29, 0.717) is 6.33 Å². The van der Waals surface area contributed by atoms with E-state index in [1.165, 1.54) is 95.5 Å². The van der Waals surface area contributed by atoms with E-state index in [2.05, 4.69) is 31.2 Å². The number of unbranched alkanes of at least 4 members (excludes halogenated alkanes) is 3. The summed E-state index contributed by atoms with van der Waals surface area (Å²) in [5, 5.41) is 0. The van der Waals surface area contributed by atoms with Gasteiger partial charge in [-0.1, -0.05) is 69.4 Å². The van der Waals surface area contributed by atoms with Crippen LogP contribution in [0.2, 0.25) is 0 Å². The zero-order valence-electron chi connectivity index (χ0n) is 18.8. The Hall–Kier alpha value is -1.11. The van der Waals surface area contributed by atoms with Gasteiger partial charge >= 0.3 is 0 Å². The summed E-state index contributed by atoms with van der Waals surface area (Å²) in [6.07, 6.45) is 22.4. The molecule has 0 aromatic heterocycles. The second-order valence-electron chi connectivity index (χ2n) is 9.88. The summed E-state index contributed by atoms with van der Waals surface area (Å²) < 4.78 is 12.1. The fourth-order valence-corrected chi connectivity index (χ4v) is 5.98. The maximum atomic E-state index is 12.1. The fraction of sp³-hybridized carbons (Fsp3) is 0.714. The van der Waals surface area contributed by atoms with Crippen molar-refractivity contribution in [2.24, 2.45) is 17.8 Å². The minimum absolute atomic E-state index is 0.714. The van der Waals surface area contributed by atoms with Crippen LogP contribution in [0.25, 0.3) is 0 Å². The van der Waals surface area contributed by atoms with Gasteiger partial charge in [-0.05, 0) is 99.0 Å². The molecule has 0 spiro atoms. The van der Waals surface area contributed by atoms with Gasteiger partial charge in [0.05, 0.1) is 6.33 Å². The Morgan fingerprint density at radius 3 is 2.10 bits per heavy atom. The second-order valence-corrected chi connectivity index (χ2v) is 9.88. The van der Waals surface area contributed by atoms with Gasteiger partial charge in [-0.3, -0.25) is 0 Å². The summed E-state index contributed by atoms with van der Waals surface area (Å²) >= 11 is 0. The summed E-state index contributed by atoms with van der Waals surface area (Å²) in [5.74, 6) is 3.58. The number of aryl methyl sites for hydroxylation is 1. The van der Waals surface area contributed by atoms with Gasteiger partial charge in [0.15, 0.2) is 0 Å². The van der Waals surface area contributed by atoms with Gasteiger partial charge in [-0.15, -0.1) is 0 Å². The molecule has 0 radical (unpaired) electrons. The van der Waals surface area contributed by atoms with Gasteiger partial charge in [-0.25, -0.2) is 4.39 Å². The maximum absolute atomic E-state index is 12.1. The molecule has 0 heterocycles. The Morgan fingerprint density at radius 1 is 0.828 bits per heavy atom. The van der Waals surface area contributed by atoms with Crippen molar-refractivity contribution in [2.45, 2.75) is 109 Å². The Morgan fingerprint density at radius 2 is 1.48 bits per heavy atom. The Kier molecular flexibility index (Phi) is 9.77. The SMILES string of the molecule is CCCCCCc1ccc(C2CCC([C@H]3CC[C@H](CC/C=C/F)CC3)CC2)cc1. The first-order valence-electron chi connectivity index (χ1n) is 12.6. The predicted molar refractivity (Wildman–Crippen MR) is 124 cm³/mol. The van der Waals surface area contributed by atoms with Gasteiger partial charge in [0.1, 0.15) is 0 Å². The van der Waals surface area contributed by atoms with Crippen molar-refractivity contribution in [3.63, 3.8) is 0 Å². The topological polar surface area (TPSA) is 0 Å². The molecule has 2 fully saturated rings. The molecule has 0 N–H and O–H groups in total. The zero-order valence-corrected chi connectivity index (χ0v) is 18.8. The number of benzene rings is 1. The average molecular weight is 399 g/mol. The van der Waals surface area contributed by atoms with E-state index in [9.17, 15) is 4.39 Å². The second kappa shape index (κ2) is 12.6. The van der Waals surface area contributed by atoms with Gasteiger partial charge < -0.3 is 0 Å². The highest BCUT2D eigenvalue weighted by atomic mass is 19.1. The number of rotatable bonds is 10. The van der Waals surface area contributed by atoms with E-state index in [1.807, 2.05) is 0 Å². The van der Waals surface area contributed by atoms with Gasteiger partial charge in [-0.2, -0.15) is 0 Å². The van der Waals surface area contributed by atoms with Crippen molar-refractivity contribution < 1.29 is 4.39 Å². The Balaban J connectivity index is 1.37. The van der Waals surface area contributed by atoms with E-state index in [0.717, 1.165) is 30.1 Å². The monoisotopic (exact) mass is 398 g/mol. The van der Waals surface area contributed by atoms with Crippen LogP contribution >= 0.6 is 0 Å². The smallest absolute Gasteiger partial charge is 0.0827 e. The van der Waals surface area contributed by atoms with Crippen LogP contribution < -0.4 is 0 Å². The third-order valence-corrected chi connectivity index (χ3v) is 7.93. The first kappa shape index (κ1) is 22.6. The third-order valence-electron chi connectivity index (χ3n) is 7.93. The van der Waals surface area contributed by atoms with Crippen molar-refractivity contribution in [2.75, 3.05) is 0 Å². The molecule has 3 rings (SSSR count). The number of halogens is 1. The van der Waals surface area contributed by atoms with Crippen LogP contribution in [-0.2, 0) is 6.42 Å². The molecule has 2 aliphatic rings. The molecule has 0 bridgehead atoms. The van der Waals surface area contributed by atoms with Crippen LogP contribution in [0.15, 0.2) is 36.7 Å². The number of allylic oxidation sites excluding steroid dienone is 1. The molecule has 162 valence electrons. The number of hydrogen-bond donors (Lipinski definition) is 0. The summed E-state index contributed by atoms with van der Waals surface area (Å²) in [4.78, 5) is 0. The highest BCUT2D eigenvalue weighted by molar-refractivity contribution is 5.26. The Labute approximate surface area is 179 Å². The fourth-order valence-electron chi connectivity index (χ4n) is 5.98. The lowest BCUT2D eigenvalue weighted by molar-refractivity contribution is 0.157. The van der Waals surface area contributed by atoms with E-state index in [1.54, 1.807) is 11.6 Å². The van der Waals surface area contributed by atoms with Gasteiger partial charge in [0.25, 0.3) is 0 Å². The molecule has 0 nitrogen and oxygen atoms in total. The summed E-state index contributed by atoms with van der Waals surface area (Å²) in [6, 6.07) is 9.65. The van der Waals surface area contributed by atoms with Crippen molar-refractivity contribution >= 4 is 0 Å². The third kappa shape index (κ3) is 7.26. The lowest BCUT2D eigenvalue weighted by atomic mass is 9.68. The van der Waals surface area contributed by atoms with Crippen molar-refractivity contribution in [3.8, 4) is 0 Å². The minimum atomic E-state index is 0.714. The summed E-state index contributed by atoms with van der Waals surface area (Å²) in [6.45, 7) is 2.28. The van der Waals surface area contributed by atoms with E-state index >= 15 is 0 Å². The Bertz CT molecular complexity index is 571. The number of hydrogen-bond acceptors (Lipinski definition) is 0. The standard InChI is InChI=1S/C28H43F/c1-2-3-4-5-8-23-10-14-25(15-11-23)27-18-20-28(21-19-27)26-16-12-24(13-17-26)9-6-7-22-29/h7,10-11,14-15,22,24,26-28H,2-6,8-9,12-13,16-21H2,1H3/b22-7+/t24-,26-,27?,28?. The lowest BCUT2D eigenvalue weighted by Gasteiger charge is -2.38. The van der Waals surface area contributed by atoms with E-state index in [4.69, 9.17) is 0 Å². The molecule has 1 aromatic rings. The molecule has 0 amide bonds. The lowest BCUT2D eigenvalue weighted by Crippen LogP contribution is -2.25. The summed E-state index contributed by atoms with van der Waals surface area (Å²) in [5.41, 5.74) is 3.11. The molecule has 1 heteroatoms. The first-order valence-corrected chi connectivity index (χ1v) is 12.6. The summed E-state index contributed by atoms with van der Waals surface area (Å²) in [7, 11) is 0. The molecule has 1 aromatic carbocycles. The van der Waals surface area contributed by atoms with Crippen LogP contribution in [0.3, 0.4) is 0 Å². The predicted octanol–water partition coefficient (Wildman–Crippen LogP) is 9.15. The maximum Gasteiger partial charge on any atom is 0.0827 e. The van der Waals surface area contributed by atoms with Crippen LogP contribution in [0.1, 0.15) is 114 Å². The highest BCUT2D eigenvalue weighted by Gasteiger charge is 2.31. The molecular formula is C28H43F. The molecule has 2 saturated carbocycles. The zero-order chi connectivity index (χ0) is 20.3. The van der Waals surface area contributed by atoms with Crippen LogP contribution in [0, 0.1) is 17.8 Å². The van der Waals surface area contributed by atoms with Crippen LogP contribution in [-0.4, -0.2) is 0 Å². The van der Waals surface area contributed by atoms with E-state index < -0.39 is 0 Å². The average Bonchev–Trinajstić information content (AvgIpc) is 2.78. The van der Waals surface area contributed by atoms with E-state index in [-0.39, 0.29) is 0 Å². The first-order chi connectivity index (χ1) is 14.3. The molecule has 0 unspecified atom stereocenters. The van der Waals surface area contributed by atoms with Crippen molar-refractivity contribution in [1.29, 1.82) is 0 Å². The van der Waals surface area contributed by atoms with Crippen LogP contribution in [0.5, 0.6) is 0 Å². The van der Waals surface area contributed by atoms with Crippen LogP contribution in [0.4, 0.5) is 4.39 Å². The molecule has 29 heavy (non-hydrogen) atoms. The molecule has 0 atom stereocenters. The van der Waals surface area contributed by atoms with Crippen molar-refractivity contribution in [3.05, 3.63) is 47.8 Å². The van der Waals surface area contributed by atoms with Gasteiger partial charge in [0.2, 0.25) is 0 Å². The quantitative estimate of drug-likeness (QED) is 0.345. The largest absolute Gasteiger partial charge is 0.216 e. The molecule has 0 aliphatic heterocycles.